The number of hydrogen-bond acceptors (Lipinski definition) is 5. The molecule has 0 amide bonds. The van der Waals surface area contributed by atoms with Crippen LogP contribution in [0.2, 0.25) is 0 Å². The zero-order chi connectivity index (χ0) is 12.5. The van der Waals surface area contributed by atoms with Crippen molar-refractivity contribution in [2.45, 2.75) is 19.1 Å². The lowest BCUT2D eigenvalue weighted by Gasteiger charge is -2.09. The van der Waals surface area contributed by atoms with Gasteiger partial charge in [0.05, 0.1) is 12.2 Å². The van der Waals surface area contributed by atoms with Gasteiger partial charge in [-0.15, -0.1) is 10.2 Å². The molecule has 0 spiro atoms. The fourth-order valence-corrected chi connectivity index (χ4v) is 1.86. The highest BCUT2D eigenvalue weighted by atomic mass is 32.1. The number of anilines is 1. The minimum atomic E-state index is -4.45. The Morgan fingerprint density at radius 2 is 2.18 bits per heavy atom. The first kappa shape index (κ1) is 11.8. The first-order valence-corrected chi connectivity index (χ1v) is 5.44. The summed E-state index contributed by atoms with van der Waals surface area (Å²) in [5.74, 6) is 0. The van der Waals surface area contributed by atoms with Crippen LogP contribution in [0.15, 0.2) is 12.4 Å². The van der Waals surface area contributed by atoms with Crippen molar-refractivity contribution in [3.8, 4) is 0 Å². The molecular formula is C8H8F3N5S. The highest BCUT2D eigenvalue weighted by molar-refractivity contribution is 7.15. The molecular weight excluding hydrogens is 255 g/mol. The minimum Gasteiger partial charge on any atom is -0.353 e. The van der Waals surface area contributed by atoms with Crippen molar-refractivity contribution in [2.24, 2.45) is 0 Å². The van der Waals surface area contributed by atoms with Crippen molar-refractivity contribution in [1.82, 2.24) is 20.4 Å². The summed E-state index contributed by atoms with van der Waals surface area (Å²) in [4.78, 5) is 0. The standard InChI is InChI=1S/C8H8F3N5S/c1-4(5-2-12-13-3-5)14-7-16-15-6(17-7)8(9,10)11/h2-4H,1H3,(H,12,13)(H,14,16). The number of nitrogens with zero attached hydrogens (tertiary/aromatic N) is 3. The number of nitrogens with one attached hydrogen (secondary N) is 2. The maximum atomic E-state index is 12.3. The van der Waals surface area contributed by atoms with Crippen LogP contribution in [-0.4, -0.2) is 20.4 Å². The molecule has 2 N–H and O–H groups in total. The van der Waals surface area contributed by atoms with Crippen LogP contribution in [0, 0.1) is 0 Å². The number of aromatic amines is 1. The normalized spacial score (nSPS) is 13.6. The third-order valence-corrected chi connectivity index (χ3v) is 2.93. The monoisotopic (exact) mass is 263 g/mol. The molecule has 1 atom stereocenters. The molecule has 2 aromatic rings. The van der Waals surface area contributed by atoms with Crippen LogP contribution in [0.25, 0.3) is 0 Å². The average Bonchev–Trinajstić information content (AvgIpc) is 2.85. The molecule has 0 aliphatic heterocycles. The van der Waals surface area contributed by atoms with Crippen LogP contribution < -0.4 is 5.32 Å². The third kappa shape index (κ3) is 2.73. The molecule has 1 unspecified atom stereocenters. The Kier molecular flexibility index (Phi) is 3.01. The summed E-state index contributed by atoms with van der Waals surface area (Å²) in [5.41, 5.74) is 0.828. The van der Waals surface area contributed by atoms with Crippen molar-refractivity contribution >= 4 is 16.5 Å². The first-order valence-electron chi connectivity index (χ1n) is 4.62. The molecule has 0 aliphatic carbocycles. The molecule has 0 aliphatic rings. The summed E-state index contributed by atoms with van der Waals surface area (Å²) in [5, 5.41) is 14.9. The molecule has 9 heteroatoms. The Hall–Kier alpha value is -1.64. The van der Waals surface area contributed by atoms with Crippen molar-refractivity contribution in [1.29, 1.82) is 0 Å². The molecule has 0 aromatic carbocycles. The molecule has 92 valence electrons. The molecule has 2 aromatic heterocycles. The van der Waals surface area contributed by atoms with Gasteiger partial charge in [-0.25, -0.2) is 0 Å². The fourth-order valence-electron chi connectivity index (χ4n) is 1.16. The Morgan fingerprint density at radius 3 is 2.71 bits per heavy atom. The van der Waals surface area contributed by atoms with E-state index in [0.717, 1.165) is 5.56 Å². The third-order valence-electron chi connectivity index (χ3n) is 2.03. The Morgan fingerprint density at radius 1 is 1.41 bits per heavy atom. The van der Waals surface area contributed by atoms with E-state index in [-0.39, 0.29) is 11.2 Å². The maximum Gasteiger partial charge on any atom is 0.445 e. The van der Waals surface area contributed by atoms with E-state index in [2.05, 4.69) is 25.7 Å². The van der Waals surface area contributed by atoms with Gasteiger partial charge in [0.1, 0.15) is 0 Å². The van der Waals surface area contributed by atoms with Crippen LogP contribution in [0.4, 0.5) is 18.3 Å². The van der Waals surface area contributed by atoms with Crippen molar-refractivity contribution in [3.63, 3.8) is 0 Å². The van der Waals surface area contributed by atoms with Crippen molar-refractivity contribution in [2.75, 3.05) is 5.32 Å². The summed E-state index contributed by atoms with van der Waals surface area (Å²) in [7, 11) is 0. The average molecular weight is 263 g/mol. The predicted molar refractivity (Wildman–Crippen MR) is 55.5 cm³/mol. The second kappa shape index (κ2) is 4.32. The van der Waals surface area contributed by atoms with E-state index >= 15 is 0 Å². The molecule has 0 bridgehead atoms. The summed E-state index contributed by atoms with van der Waals surface area (Å²) >= 11 is 0.476. The van der Waals surface area contributed by atoms with Gasteiger partial charge >= 0.3 is 6.18 Å². The number of aromatic nitrogens is 4. The number of H-pyrrole nitrogens is 1. The number of rotatable bonds is 3. The van der Waals surface area contributed by atoms with Gasteiger partial charge in [0, 0.05) is 11.8 Å². The molecule has 0 radical (unpaired) electrons. The molecule has 5 nitrogen and oxygen atoms in total. The van der Waals surface area contributed by atoms with E-state index < -0.39 is 11.2 Å². The van der Waals surface area contributed by atoms with Crippen LogP contribution in [0.1, 0.15) is 23.5 Å². The highest BCUT2D eigenvalue weighted by Crippen LogP contribution is 2.33. The van der Waals surface area contributed by atoms with E-state index in [1.807, 2.05) is 0 Å². The first-order chi connectivity index (χ1) is 7.97. The topological polar surface area (TPSA) is 66.5 Å². The van der Waals surface area contributed by atoms with E-state index in [4.69, 9.17) is 0 Å². The van der Waals surface area contributed by atoms with Gasteiger partial charge in [-0.05, 0) is 6.92 Å². The van der Waals surface area contributed by atoms with Crippen molar-refractivity contribution in [3.05, 3.63) is 23.0 Å². The molecule has 17 heavy (non-hydrogen) atoms. The van der Waals surface area contributed by atoms with Crippen LogP contribution in [0.3, 0.4) is 0 Å². The number of hydrogen-bond donors (Lipinski definition) is 2. The van der Waals surface area contributed by atoms with E-state index in [1.54, 1.807) is 19.3 Å². The number of halogens is 3. The lowest BCUT2D eigenvalue weighted by molar-refractivity contribution is -0.138. The van der Waals surface area contributed by atoms with E-state index in [9.17, 15) is 13.2 Å². The number of alkyl halides is 3. The predicted octanol–water partition coefficient (Wildman–Crippen LogP) is 2.45. The van der Waals surface area contributed by atoms with Gasteiger partial charge in [-0.2, -0.15) is 18.3 Å². The fraction of sp³-hybridized carbons (Fsp3) is 0.375. The summed E-state index contributed by atoms with van der Waals surface area (Å²) in [6, 6.07) is -0.192. The highest BCUT2D eigenvalue weighted by Gasteiger charge is 2.35. The largest absolute Gasteiger partial charge is 0.445 e. The molecule has 2 heterocycles. The van der Waals surface area contributed by atoms with E-state index in [0.29, 0.717) is 11.3 Å². The van der Waals surface area contributed by atoms with Crippen molar-refractivity contribution < 1.29 is 13.2 Å². The van der Waals surface area contributed by atoms with Gasteiger partial charge in [-0.1, -0.05) is 11.3 Å². The van der Waals surface area contributed by atoms with Crippen LogP contribution in [-0.2, 0) is 6.18 Å². The van der Waals surface area contributed by atoms with Crippen LogP contribution in [0.5, 0.6) is 0 Å². The van der Waals surface area contributed by atoms with Gasteiger partial charge < -0.3 is 5.32 Å². The molecule has 2 rings (SSSR count). The SMILES string of the molecule is CC(Nc1nnc(C(F)(F)F)s1)c1cn[nH]c1. The zero-order valence-electron chi connectivity index (χ0n) is 8.62. The Bertz CT molecular complexity index is 478. The summed E-state index contributed by atoms with van der Waals surface area (Å²) < 4.78 is 36.8. The zero-order valence-corrected chi connectivity index (χ0v) is 9.43. The van der Waals surface area contributed by atoms with Crippen LogP contribution >= 0.6 is 11.3 Å². The lowest BCUT2D eigenvalue weighted by Crippen LogP contribution is -2.05. The Balaban J connectivity index is 2.07. The van der Waals surface area contributed by atoms with Gasteiger partial charge in [0.15, 0.2) is 0 Å². The smallest absolute Gasteiger partial charge is 0.353 e. The maximum absolute atomic E-state index is 12.3. The molecule has 0 saturated carbocycles. The minimum absolute atomic E-state index is 0.131. The quantitative estimate of drug-likeness (QED) is 0.892. The second-order valence-electron chi connectivity index (χ2n) is 3.31. The van der Waals surface area contributed by atoms with Gasteiger partial charge in [-0.3, -0.25) is 5.10 Å². The summed E-state index contributed by atoms with van der Waals surface area (Å²) in [6.07, 6.45) is -1.21. The second-order valence-corrected chi connectivity index (χ2v) is 4.29. The van der Waals surface area contributed by atoms with Gasteiger partial charge in [0.2, 0.25) is 10.1 Å². The summed E-state index contributed by atoms with van der Waals surface area (Å²) in [6.45, 7) is 1.79. The lowest BCUT2D eigenvalue weighted by atomic mass is 10.2. The Labute approximate surface area is 98.1 Å². The molecule has 0 saturated heterocycles. The molecule has 0 fully saturated rings. The van der Waals surface area contributed by atoms with E-state index in [1.165, 1.54) is 0 Å². The van der Waals surface area contributed by atoms with Gasteiger partial charge in [0.25, 0.3) is 0 Å².